The fourth-order valence-electron chi connectivity index (χ4n) is 2.39. The van der Waals surface area contributed by atoms with Gasteiger partial charge in [-0.2, -0.15) is 0 Å². The molecule has 2 rings (SSSR count). The first-order valence-corrected chi connectivity index (χ1v) is 8.91. The number of rotatable bonds is 4. The summed E-state index contributed by atoms with van der Waals surface area (Å²) < 4.78 is 34.2. The Balaban J connectivity index is 2.53. The van der Waals surface area contributed by atoms with Crippen molar-refractivity contribution in [1.29, 1.82) is 0 Å². The number of sulfone groups is 1. The minimum absolute atomic E-state index is 0.454. The van der Waals surface area contributed by atoms with Gasteiger partial charge in [-0.05, 0) is 32.5 Å². The van der Waals surface area contributed by atoms with E-state index < -0.39 is 20.6 Å². The zero-order valence-corrected chi connectivity index (χ0v) is 14.1. The number of hydrogen-bond donors (Lipinski definition) is 1. The number of hydrogen-bond acceptors (Lipinski definition) is 5. The smallest absolute Gasteiger partial charge is 0.162 e. The number of benzene rings is 1. The SMILES string of the molecule is CNC(c1cc2c(cc1Cl)OCCO2)C(C)(C)S(C)(=O)=O. The van der Waals surface area contributed by atoms with Crippen molar-refractivity contribution in [2.75, 3.05) is 26.5 Å². The van der Waals surface area contributed by atoms with Crippen LogP contribution in [0.2, 0.25) is 5.02 Å². The first-order chi connectivity index (χ1) is 9.68. The number of halogens is 1. The van der Waals surface area contributed by atoms with E-state index in [-0.39, 0.29) is 0 Å². The molecule has 0 saturated heterocycles. The van der Waals surface area contributed by atoms with E-state index in [1.165, 1.54) is 6.26 Å². The summed E-state index contributed by atoms with van der Waals surface area (Å²) >= 11 is 6.32. The Kier molecular flexibility index (Phi) is 4.42. The maximum Gasteiger partial charge on any atom is 0.162 e. The summed E-state index contributed by atoms with van der Waals surface area (Å²) in [6.45, 7) is 4.30. The molecule has 0 aliphatic carbocycles. The Bertz CT molecular complexity index is 643. The quantitative estimate of drug-likeness (QED) is 0.915. The molecule has 118 valence electrons. The number of nitrogens with one attached hydrogen (secondary N) is 1. The van der Waals surface area contributed by atoms with Crippen LogP contribution >= 0.6 is 11.6 Å². The van der Waals surface area contributed by atoms with Gasteiger partial charge < -0.3 is 14.8 Å². The molecule has 1 N–H and O–H groups in total. The van der Waals surface area contributed by atoms with Crippen LogP contribution in [-0.2, 0) is 9.84 Å². The highest BCUT2D eigenvalue weighted by Crippen LogP contribution is 2.41. The van der Waals surface area contributed by atoms with Crippen LogP contribution in [0.4, 0.5) is 0 Å². The first kappa shape index (κ1) is 16.4. The maximum atomic E-state index is 12.1. The summed E-state index contributed by atoms with van der Waals surface area (Å²) in [5, 5.41) is 3.51. The summed E-state index contributed by atoms with van der Waals surface area (Å²) in [6, 6.07) is 2.97. The molecule has 0 amide bonds. The average molecular weight is 334 g/mol. The molecule has 0 aromatic heterocycles. The van der Waals surface area contributed by atoms with Crippen molar-refractivity contribution in [2.45, 2.75) is 24.6 Å². The standard InChI is InChI=1S/C14H20ClNO4S/c1-14(2,21(4,17)18)13(16-3)9-7-11-12(8-10(9)15)20-6-5-19-11/h7-8,13,16H,5-6H2,1-4H3. The van der Waals surface area contributed by atoms with Gasteiger partial charge in [-0.15, -0.1) is 0 Å². The molecule has 0 bridgehead atoms. The van der Waals surface area contributed by atoms with Crippen LogP contribution in [0.1, 0.15) is 25.5 Å². The molecular weight excluding hydrogens is 314 g/mol. The highest BCUT2D eigenvalue weighted by atomic mass is 35.5. The van der Waals surface area contributed by atoms with Crippen LogP contribution in [0.5, 0.6) is 11.5 Å². The van der Waals surface area contributed by atoms with E-state index in [1.54, 1.807) is 33.0 Å². The van der Waals surface area contributed by atoms with Crippen LogP contribution < -0.4 is 14.8 Å². The Labute approximate surface area is 130 Å². The largest absolute Gasteiger partial charge is 0.486 e. The van der Waals surface area contributed by atoms with Crippen molar-refractivity contribution in [3.63, 3.8) is 0 Å². The first-order valence-electron chi connectivity index (χ1n) is 6.64. The maximum absolute atomic E-state index is 12.1. The molecule has 0 fully saturated rings. The zero-order chi connectivity index (χ0) is 15.8. The van der Waals surface area contributed by atoms with Gasteiger partial charge in [-0.3, -0.25) is 0 Å². The second kappa shape index (κ2) is 5.66. The van der Waals surface area contributed by atoms with Crippen molar-refractivity contribution in [2.24, 2.45) is 0 Å². The molecule has 1 atom stereocenters. The summed E-state index contributed by atoms with van der Waals surface area (Å²) in [7, 11) is -1.58. The van der Waals surface area contributed by atoms with Gasteiger partial charge in [-0.1, -0.05) is 11.6 Å². The molecule has 1 aromatic rings. The summed E-state index contributed by atoms with van der Waals surface area (Å²) in [6.07, 6.45) is 1.23. The Hall–Kier alpha value is -0.980. The van der Waals surface area contributed by atoms with Crippen molar-refractivity contribution >= 4 is 21.4 Å². The average Bonchev–Trinajstić information content (AvgIpc) is 2.38. The lowest BCUT2D eigenvalue weighted by Gasteiger charge is -2.34. The third-order valence-corrected chi connectivity index (χ3v) is 6.39. The summed E-state index contributed by atoms with van der Waals surface area (Å²) in [5.41, 5.74) is 0.679. The Morgan fingerprint density at radius 1 is 1.24 bits per heavy atom. The van der Waals surface area contributed by atoms with Crippen molar-refractivity contribution in [3.05, 3.63) is 22.7 Å². The molecule has 0 saturated carbocycles. The molecule has 7 heteroatoms. The summed E-state index contributed by atoms with van der Waals surface area (Å²) in [4.78, 5) is 0. The van der Waals surface area contributed by atoms with E-state index in [0.29, 0.717) is 35.3 Å². The predicted molar refractivity (Wildman–Crippen MR) is 83.2 cm³/mol. The van der Waals surface area contributed by atoms with Gasteiger partial charge in [0.15, 0.2) is 21.3 Å². The van der Waals surface area contributed by atoms with Gasteiger partial charge in [-0.25, -0.2) is 8.42 Å². The fourth-order valence-corrected chi connectivity index (χ4v) is 3.33. The highest BCUT2D eigenvalue weighted by molar-refractivity contribution is 7.92. The molecule has 1 aliphatic heterocycles. The lowest BCUT2D eigenvalue weighted by atomic mass is 9.94. The van der Waals surface area contributed by atoms with E-state index >= 15 is 0 Å². The second-order valence-corrected chi connectivity index (χ2v) is 8.62. The van der Waals surface area contributed by atoms with Crippen LogP contribution in [0, 0.1) is 0 Å². The van der Waals surface area contributed by atoms with Crippen molar-refractivity contribution in [1.82, 2.24) is 5.32 Å². The summed E-state index contributed by atoms with van der Waals surface area (Å²) in [5.74, 6) is 1.17. The molecular formula is C14H20ClNO4S. The molecule has 0 radical (unpaired) electrons. The van der Waals surface area contributed by atoms with Crippen molar-refractivity contribution < 1.29 is 17.9 Å². The van der Waals surface area contributed by atoms with E-state index in [9.17, 15) is 8.42 Å². The molecule has 0 spiro atoms. The molecule has 5 nitrogen and oxygen atoms in total. The van der Waals surface area contributed by atoms with Crippen LogP contribution in [0.3, 0.4) is 0 Å². The zero-order valence-electron chi connectivity index (χ0n) is 12.6. The molecule has 21 heavy (non-hydrogen) atoms. The molecule has 1 aliphatic rings. The molecule has 1 heterocycles. The van der Waals surface area contributed by atoms with E-state index in [0.717, 1.165) is 0 Å². The van der Waals surface area contributed by atoms with Gasteiger partial charge in [0.2, 0.25) is 0 Å². The molecule has 1 unspecified atom stereocenters. The predicted octanol–water partition coefficient (Wildman–Crippen LogP) is 2.19. The number of ether oxygens (including phenoxy) is 2. The lowest BCUT2D eigenvalue weighted by molar-refractivity contribution is 0.171. The van der Waals surface area contributed by atoms with Gasteiger partial charge in [0.25, 0.3) is 0 Å². The monoisotopic (exact) mass is 333 g/mol. The second-order valence-electron chi connectivity index (χ2n) is 5.61. The minimum atomic E-state index is -3.29. The third-order valence-electron chi connectivity index (χ3n) is 3.91. The van der Waals surface area contributed by atoms with Crippen LogP contribution in [0.15, 0.2) is 12.1 Å². The lowest BCUT2D eigenvalue weighted by Crippen LogP contribution is -2.44. The van der Waals surface area contributed by atoms with Crippen molar-refractivity contribution in [3.8, 4) is 11.5 Å². The van der Waals surface area contributed by atoms with E-state index in [2.05, 4.69) is 5.32 Å². The highest BCUT2D eigenvalue weighted by Gasteiger charge is 2.40. The van der Waals surface area contributed by atoms with Gasteiger partial charge in [0, 0.05) is 17.3 Å². The fraction of sp³-hybridized carbons (Fsp3) is 0.571. The number of fused-ring (bicyclic) bond motifs is 1. The van der Waals surface area contributed by atoms with Crippen LogP contribution in [-0.4, -0.2) is 39.7 Å². The molecule has 1 aromatic carbocycles. The van der Waals surface area contributed by atoms with Gasteiger partial charge >= 0.3 is 0 Å². The van der Waals surface area contributed by atoms with Gasteiger partial charge in [0.05, 0.1) is 10.8 Å². The Morgan fingerprint density at radius 2 is 1.76 bits per heavy atom. The topological polar surface area (TPSA) is 64.6 Å². The third kappa shape index (κ3) is 2.98. The van der Waals surface area contributed by atoms with E-state index in [1.807, 2.05) is 0 Å². The van der Waals surface area contributed by atoms with E-state index in [4.69, 9.17) is 21.1 Å². The normalized spacial score (nSPS) is 16.6. The Morgan fingerprint density at radius 3 is 2.24 bits per heavy atom. The van der Waals surface area contributed by atoms with Gasteiger partial charge in [0.1, 0.15) is 13.2 Å². The minimum Gasteiger partial charge on any atom is -0.486 e. The van der Waals surface area contributed by atoms with Crippen LogP contribution in [0.25, 0.3) is 0 Å².